The minimum Gasteiger partial charge on any atom is -0.379 e. The Labute approximate surface area is 190 Å². The molecule has 2 heterocycles. The van der Waals surface area contributed by atoms with Crippen molar-refractivity contribution in [2.45, 2.75) is 26.2 Å². The molecule has 1 N–H and O–H groups in total. The summed E-state index contributed by atoms with van der Waals surface area (Å²) >= 11 is 0. The van der Waals surface area contributed by atoms with E-state index in [1.165, 1.54) is 4.90 Å². The van der Waals surface area contributed by atoms with Crippen molar-refractivity contribution in [3.63, 3.8) is 0 Å². The third-order valence-electron chi connectivity index (χ3n) is 6.32. The van der Waals surface area contributed by atoms with E-state index >= 15 is 0 Å². The van der Waals surface area contributed by atoms with Gasteiger partial charge in [0.1, 0.15) is 5.41 Å². The molecular weight excluding hydrogens is 466 g/mol. The summed E-state index contributed by atoms with van der Waals surface area (Å²) in [6.45, 7) is 3.22. The number of rotatable bonds is 3. The molecule has 0 bridgehead atoms. The third kappa shape index (κ3) is 4.02. The average molecular weight is 486 g/mol. The number of benzene rings is 2. The van der Waals surface area contributed by atoms with Crippen molar-refractivity contribution >= 4 is 23.2 Å². The Kier molecular flexibility index (Phi) is 5.66. The fourth-order valence-corrected chi connectivity index (χ4v) is 4.63. The Morgan fingerprint density at radius 1 is 1.03 bits per heavy atom. The van der Waals surface area contributed by atoms with Crippen LogP contribution in [0.5, 0.6) is 0 Å². The zero-order valence-corrected chi connectivity index (χ0v) is 18.1. The molecule has 4 rings (SSSR count). The van der Waals surface area contributed by atoms with Crippen molar-refractivity contribution in [2.24, 2.45) is 11.3 Å². The molecule has 2 aromatic carbocycles. The standard InChI is InChI=1S/C23H20F6N2O3/c1-12-4-3-5-13(2)18(12)31-10-21(11-34-9-17(21)19(31)32)20(33)30-16-7-14(22(24,25)26)6-15(8-16)23(27,28)29/h3-8,17H,9-11H2,1-2H3,(H,30,33). The second-order valence-electron chi connectivity index (χ2n) is 8.64. The molecule has 2 saturated heterocycles. The quantitative estimate of drug-likeness (QED) is 0.625. The number of para-hydroxylation sites is 1. The van der Waals surface area contributed by atoms with Gasteiger partial charge in [-0.05, 0) is 43.2 Å². The number of aryl methyl sites for hydroxylation is 2. The zero-order chi connectivity index (χ0) is 25.1. The number of carbonyl (C=O) groups excluding carboxylic acids is 2. The lowest BCUT2D eigenvalue weighted by molar-refractivity contribution is -0.143. The van der Waals surface area contributed by atoms with Crippen molar-refractivity contribution in [1.82, 2.24) is 0 Å². The number of alkyl halides is 6. The van der Waals surface area contributed by atoms with E-state index in [4.69, 9.17) is 4.74 Å². The second kappa shape index (κ2) is 8.00. The van der Waals surface area contributed by atoms with Gasteiger partial charge in [0.25, 0.3) is 0 Å². The molecule has 0 saturated carbocycles. The summed E-state index contributed by atoms with van der Waals surface area (Å²) in [5, 5.41) is 2.20. The van der Waals surface area contributed by atoms with Gasteiger partial charge >= 0.3 is 12.4 Å². The first-order valence-corrected chi connectivity index (χ1v) is 10.3. The molecular formula is C23H20F6N2O3. The van der Waals surface area contributed by atoms with Crippen LogP contribution >= 0.6 is 0 Å². The van der Waals surface area contributed by atoms with E-state index in [-0.39, 0.29) is 31.7 Å². The molecule has 34 heavy (non-hydrogen) atoms. The van der Waals surface area contributed by atoms with Crippen LogP contribution in [0, 0.1) is 25.2 Å². The average Bonchev–Trinajstić information content (AvgIpc) is 3.26. The number of amides is 2. The highest BCUT2D eigenvalue weighted by Crippen LogP contribution is 2.46. The van der Waals surface area contributed by atoms with E-state index in [2.05, 4.69) is 5.32 Å². The van der Waals surface area contributed by atoms with Crippen molar-refractivity contribution < 1.29 is 40.7 Å². The number of ether oxygens (including phenoxy) is 1. The minimum atomic E-state index is -5.06. The maximum absolute atomic E-state index is 13.3. The Morgan fingerprint density at radius 3 is 2.12 bits per heavy atom. The lowest BCUT2D eigenvalue weighted by Crippen LogP contribution is -2.43. The summed E-state index contributed by atoms with van der Waals surface area (Å²) < 4.78 is 84.6. The minimum absolute atomic E-state index is 0.0167. The van der Waals surface area contributed by atoms with Crippen LogP contribution in [0.3, 0.4) is 0 Å². The number of carbonyl (C=O) groups is 2. The molecule has 2 aliphatic heterocycles. The Balaban J connectivity index is 1.70. The van der Waals surface area contributed by atoms with Crippen LogP contribution in [0.2, 0.25) is 0 Å². The number of hydrogen-bond acceptors (Lipinski definition) is 3. The smallest absolute Gasteiger partial charge is 0.379 e. The van der Waals surface area contributed by atoms with Gasteiger partial charge in [-0.3, -0.25) is 9.59 Å². The van der Waals surface area contributed by atoms with Crippen molar-refractivity contribution in [2.75, 3.05) is 30.0 Å². The lowest BCUT2D eigenvalue weighted by Gasteiger charge is -2.27. The summed E-state index contributed by atoms with van der Waals surface area (Å²) in [4.78, 5) is 27.9. The monoisotopic (exact) mass is 486 g/mol. The summed E-state index contributed by atoms with van der Waals surface area (Å²) in [5.74, 6) is -2.17. The van der Waals surface area contributed by atoms with Crippen LogP contribution in [0.25, 0.3) is 0 Å². The number of nitrogens with one attached hydrogen (secondary N) is 1. The first-order chi connectivity index (χ1) is 15.7. The molecule has 2 aromatic rings. The molecule has 2 aliphatic rings. The highest BCUT2D eigenvalue weighted by atomic mass is 19.4. The largest absolute Gasteiger partial charge is 0.416 e. The summed E-state index contributed by atoms with van der Waals surface area (Å²) in [5.41, 5.74) is -3.02. The molecule has 5 nitrogen and oxygen atoms in total. The van der Waals surface area contributed by atoms with Gasteiger partial charge in [0.2, 0.25) is 11.8 Å². The van der Waals surface area contributed by atoms with E-state index in [1.54, 1.807) is 26.0 Å². The fraction of sp³-hybridized carbons (Fsp3) is 0.391. The molecule has 2 atom stereocenters. The Bertz CT molecular complexity index is 1110. The lowest BCUT2D eigenvalue weighted by atomic mass is 9.79. The number of halogens is 6. The molecule has 2 unspecified atom stereocenters. The summed E-state index contributed by atoms with van der Waals surface area (Å²) in [6, 6.07) is 6.27. The van der Waals surface area contributed by atoms with Gasteiger partial charge < -0.3 is 15.0 Å². The molecule has 0 aromatic heterocycles. The van der Waals surface area contributed by atoms with Crippen molar-refractivity contribution in [3.8, 4) is 0 Å². The number of fused-ring (bicyclic) bond motifs is 1. The molecule has 0 radical (unpaired) electrons. The van der Waals surface area contributed by atoms with E-state index in [9.17, 15) is 35.9 Å². The van der Waals surface area contributed by atoms with Gasteiger partial charge in [-0.1, -0.05) is 18.2 Å². The maximum Gasteiger partial charge on any atom is 0.416 e. The van der Waals surface area contributed by atoms with Crippen LogP contribution in [-0.2, 0) is 26.7 Å². The van der Waals surface area contributed by atoms with Crippen molar-refractivity contribution in [1.29, 1.82) is 0 Å². The number of hydrogen-bond donors (Lipinski definition) is 1. The zero-order valence-electron chi connectivity index (χ0n) is 18.1. The third-order valence-corrected chi connectivity index (χ3v) is 6.32. The summed E-state index contributed by atoms with van der Waals surface area (Å²) in [7, 11) is 0. The van der Waals surface area contributed by atoms with Crippen LogP contribution in [0.1, 0.15) is 22.3 Å². The maximum atomic E-state index is 13.3. The summed E-state index contributed by atoms with van der Waals surface area (Å²) in [6.07, 6.45) is -10.1. The highest BCUT2D eigenvalue weighted by molar-refractivity contribution is 6.08. The predicted octanol–water partition coefficient (Wildman–Crippen LogP) is 4.96. The Hall–Kier alpha value is -3.08. The van der Waals surface area contributed by atoms with Gasteiger partial charge in [-0.2, -0.15) is 26.3 Å². The SMILES string of the molecule is Cc1cccc(C)c1N1CC2(C(=O)Nc3cc(C(F)(F)F)cc(C(F)(F)F)c3)COCC2C1=O. The highest BCUT2D eigenvalue weighted by Gasteiger charge is 2.61. The van der Waals surface area contributed by atoms with Crippen molar-refractivity contribution in [3.05, 3.63) is 58.7 Å². The second-order valence-corrected chi connectivity index (χ2v) is 8.64. The van der Waals surface area contributed by atoms with Crippen LogP contribution in [-0.4, -0.2) is 31.6 Å². The first-order valence-electron chi connectivity index (χ1n) is 10.3. The van der Waals surface area contributed by atoms with Gasteiger partial charge in [0.05, 0.1) is 30.3 Å². The Morgan fingerprint density at radius 2 is 1.59 bits per heavy atom. The predicted molar refractivity (Wildman–Crippen MR) is 110 cm³/mol. The fourth-order valence-electron chi connectivity index (χ4n) is 4.63. The molecule has 182 valence electrons. The number of anilines is 2. The van der Waals surface area contributed by atoms with Gasteiger partial charge in [0, 0.05) is 17.9 Å². The first kappa shape index (κ1) is 24.1. The van der Waals surface area contributed by atoms with Crippen LogP contribution in [0.4, 0.5) is 37.7 Å². The van der Waals surface area contributed by atoms with Crippen LogP contribution < -0.4 is 10.2 Å². The van der Waals surface area contributed by atoms with E-state index in [1.807, 2.05) is 6.07 Å². The molecule has 0 aliphatic carbocycles. The van der Waals surface area contributed by atoms with E-state index in [0.717, 1.165) is 11.1 Å². The van der Waals surface area contributed by atoms with Gasteiger partial charge in [0.15, 0.2) is 0 Å². The van der Waals surface area contributed by atoms with E-state index in [0.29, 0.717) is 17.8 Å². The number of nitrogens with zero attached hydrogens (tertiary/aromatic N) is 1. The van der Waals surface area contributed by atoms with E-state index < -0.39 is 46.4 Å². The van der Waals surface area contributed by atoms with Gasteiger partial charge in [-0.15, -0.1) is 0 Å². The molecule has 2 fully saturated rings. The molecule has 0 spiro atoms. The van der Waals surface area contributed by atoms with Crippen LogP contribution in [0.15, 0.2) is 36.4 Å². The molecule has 11 heteroatoms. The molecule has 2 amide bonds. The van der Waals surface area contributed by atoms with Gasteiger partial charge in [-0.25, -0.2) is 0 Å². The topological polar surface area (TPSA) is 58.6 Å². The normalized spacial score (nSPS) is 22.8.